The van der Waals surface area contributed by atoms with Crippen LogP contribution in [0.15, 0.2) is 183 Å². The van der Waals surface area contributed by atoms with Crippen molar-refractivity contribution in [1.82, 2.24) is 5.32 Å². The van der Waals surface area contributed by atoms with Crippen molar-refractivity contribution in [2.24, 2.45) is 25.6 Å². The van der Waals surface area contributed by atoms with Crippen molar-refractivity contribution in [3.05, 3.63) is 189 Å². The van der Waals surface area contributed by atoms with Crippen LogP contribution in [0, 0.1) is 3.57 Å². The molecule has 3 amide bonds. The number of carbonyl (C=O) groups is 3. The molecule has 69 heavy (non-hydrogen) atoms. The summed E-state index contributed by atoms with van der Waals surface area (Å²) in [6.07, 6.45) is -3.46. The number of carbonyl (C=O) groups excluding carboxylic acids is 3. The highest BCUT2D eigenvalue weighted by Crippen LogP contribution is 2.38. The highest BCUT2D eigenvalue weighted by atomic mass is 127. The Kier molecular flexibility index (Phi) is 14.1. The zero-order valence-corrected chi connectivity index (χ0v) is 37.6. The summed E-state index contributed by atoms with van der Waals surface area (Å²) >= 11 is 2.20. The number of nitrogens with one attached hydrogen (secondary N) is 3. The van der Waals surface area contributed by atoms with Gasteiger partial charge in [0.2, 0.25) is 6.40 Å². The third-order valence-corrected chi connectivity index (χ3v) is 10.8. The fourth-order valence-corrected chi connectivity index (χ4v) is 7.30. The van der Waals surface area contributed by atoms with E-state index in [1.807, 2.05) is 36.4 Å². The van der Waals surface area contributed by atoms with Gasteiger partial charge in [-0.25, -0.2) is 10.3 Å². The molecule has 0 unspecified atom stereocenters. The number of azo groups is 2. The first kappa shape index (κ1) is 46.8. The number of anilines is 2. The number of imide groups is 1. The molecule has 0 heterocycles. The van der Waals surface area contributed by atoms with Crippen molar-refractivity contribution in [2.45, 2.75) is 12.8 Å². The van der Waals surface area contributed by atoms with Gasteiger partial charge in [-0.2, -0.15) is 23.4 Å². The molecule has 0 aliphatic carbocycles. The van der Waals surface area contributed by atoms with Crippen molar-refractivity contribution in [3.63, 3.8) is 0 Å². The lowest BCUT2D eigenvalue weighted by molar-refractivity contribution is -0.137. The van der Waals surface area contributed by atoms with E-state index < -0.39 is 23.7 Å². The molecule has 8 rings (SSSR count). The molecule has 15 nitrogen and oxygen atoms in total. The molecular formula is C50H34F3IN8O7. The zero-order chi connectivity index (χ0) is 48.5. The Morgan fingerprint density at radius 2 is 1.20 bits per heavy atom. The number of phenols is 2. The number of halogens is 4. The fourth-order valence-electron chi connectivity index (χ4n) is 6.76. The second-order valence-electron chi connectivity index (χ2n) is 14.9. The molecule has 0 atom stereocenters. The van der Waals surface area contributed by atoms with E-state index in [-0.39, 0.29) is 46.5 Å². The molecular weight excluding hydrogens is 1010 g/mol. The predicted octanol–water partition coefficient (Wildman–Crippen LogP) is 13.6. The summed E-state index contributed by atoms with van der Waals surface area (Å²) in [5.41, 5.74) is 5.18. The summed E-state index contributed by atoms with van der Waals surface area (Å²) in [7, 11) is 0. The van der Waals surface area contributed by atoms with Crippen LogP contribution in [0.5, 0.6) is 11.5 Å². The number of hydrogen-bond acceptors (Lipinski definition) is 13. The predicted molar refractivity (Wildman–Crippen MR) is 261 cm³/mol. The fraction of sp³-hybridized carbons (Fsp3) is 0.0400. The lowest BCUT2D eigenvalue weighted by Gasteiger charge is -2.11. The first-order valence-electron chi connectivity index (χ1n) is 20.5. The number of aromatic hydroxyl groups is 2. The Morgan fingerprint density at radius 1 is 0.623 bits per heavy atom. The second kappa shape index (κ2) is 20.8. The number of hydrogen-bond donors (Lipinski definition) is 5. The molecule has 8 aromatic rings. The van der Waals surface area contributed by atoms with Gasteiger partial charge in [0.1, 0.15) is 29.5 Å². The molecule has 0 bridgehead atoms. The number of benzene rings is 8. The molecule has 344 valence electrons. The topological polar surface area (TPSA) is 208 Å². The molecule has 0 saturated carbocycles. The number of amides is 3. The molecule has 19 heteroatoms. The minimum absolute atomic E-state index is 0.0514. The van der Waals surface area contributed by atoms with Crippen LogP contribution in [-0.4, -0.2) is 34.3 Å². The molecule has 8 aromatic carbocycles. The van der Waals surface area contributed by atoms with Crippen molar-refractivity contribution in [1.29, 1.82) is 0 Å². The van der Waals surface area contributed by atoms with Crippen LogP contribution in [-0.2, 0) is 22.5 Å². The summed E-state index contributed by atoms with van der Waals surface area (Å²) in [5, 5.41) is 48.8. The van der Waals surface area contributed by atoms with E-state index in [0.29, 0.717) is 38.7 Å². The molecule has 0 aliphatic rings. The number of phenolic OH excluding ortho intramolecular Hbond substituents is 2. The van der Waals surface area contributed by atoms with Crippen molar-refractivity contribution in [3.8, 4) is 11.5 Å². The zero-order valence-electron chi connectivity index (χ0n) is 35.5. The minimum atomic E-state index is -4.62. The monoisotopic (exact) mass is 1040 g/mol. The number of fused-ring (bicyclic) bond motifs is 2. The van der Waals surface area contributed by atoms with E-state index in [1.54, 1.807) is 60.7 Å². The lowest BCUT2D eigenvalue weighted by atomic mass is 10.0. The number of nitrogens with zero attached hydrogens (tertiary/aromatic N) is 5. The summed E-state index contributed by atoms with van der Waals surface area (Å²) in [6.45, 7) is 0.165. The number of alkyl halides is 3. The molecule has 0 aromatic heterocycles. The molecule has 0 spiro atoms. The van der Waals surface area contributed by atoms with Crippen molar-refractivity contribution >= 4 is 102 Å². The lowest BCUT2D eigenvalue weighted by Crippen LogP contribution is -2.34. The van der Waals surface area contributed by atoms with Crippen LogP contribution in [0.1, 0.15) is 37.4 Å². The quantitative estimate of drug-likeness (QED) is 0.0176. The van der Waals surface area contributed by atoms with Crippen LogP contribution in [0.2, 0.25) is 0 Å². The maximum Gasteiger partial charge on any atom is 0.416 e. The smallest absolute Gasteiger partial charge is 0.416 e. The Morgan fingerprint density at radius 3 is 1.83 bits per heavy atom. The van der Waals surface area contributed by atoms with E-state index >= 15 is 0 Å². The van der Waals surface area contributed by atoms with Crippen LogP contribution in [0.25, 0.3) is 21.5 Å². The average molecular weight is 1040 g/mol. The standard InChI is InChI=1S/C50H34F3IN8O7/c51-50(52,53)35-3-1-5-39(25-35)56-49(67)57-48(66)34-12-20-42-33(24-34)14-22-44(64)46(42)61-59-38-17-10-31(11-18-38)47(65)30-8-15-37(16-9-30)58-60-45-41-19-7-29(23-32(41)13-21-43(45)63)27-68-55-28-69-62-40-6-2-4-36(54)26-40/h1-26,28,62-64H,27H2,(H2,56,57,66,67)/b55-28+,60-58?,61-59?. The number of ketones is 1. The van der Waals surface area contributed by atoms with E-state index in [1.165, 1.54) is 42.5 Å². The van der Waals surface area contributed by atoms with Gasteiger partial charge in [0.25, 0.3) is 5.91 Å². The second-order valence-corrected chi connectivity index (χ2v) is 16.1. The third-order valence-electron chi connectivity index (χ3n) is 10.1. The van der Waals surface area contributed by atoms with Gasteiger partial charge in [0.15, 0.2) is 5.78 Å². The van der Waals surface area contributed by atoms with Gasteiger partial charge in [0, 0.05) is 36.7 Å². The largest absolute Gasteiger partial charge is 0.506 e. The maximum atomic E-state index is 13.4. The Balaban J connectivity index is 0.862. The number of rotatable bonds is 14. The van der Waals surface area contributed by atoms with E-state index in [0.717, 1.165) is 44.8 Å². The van der Waals surface area contributed by atoms with Crippen LogP contribution < -0.4 is 16.1 Å². The van der Waals surface area contributed by atoms with Crippen LogP contribution in [0.4, 0.5) is 52.1 Å². The van der Waals surface area contributed by atoms with Crippen LogP contribution >= 0.6 is 22.6 Å². The Bertz CT molecular complexity index is 3330. The molecule has 0 saturated heterocycles. The van der Waals surface area contributed by atoms with Crippen LogP contribution in [0.3, 0.4) is 0 Å². The van der Waals surface area contributed by atoms with Gasteiger partial charge < -0.3 is 25.2 Å². The van der Waals surface area contributed by atoms with Gasteiger partial charge in [0.05, 0.1) is 22.6 Å². The summed E-state index contributed by atoms with van der Waals surface area (Å²) in [6, 6.07) is 39.4. The minimum Gasteiger partial charge on any atom is -0.506 e. The number of urea groups is 1. The van der Waals surface area contributed by atoms with E-state index in [9.17, 15) is 37.8 Å². The first-order chi connectivity index (χ1) is 33.3. The first-order valence-corrected chi connectivity index (χ1v) is 21.5. The van der Waals surface area contributed by atoms with Gasteiger partial charge in [-0.05, 0) is 154 Å². The van der Waals surface area contributed by atoms with Gasteiger partial charge in [-0.15, -0.1) is 10.2 Å². The van der Waals surface area contributed by atoms with Crippen molar-refractivity contribution in [2.75, 3.05) is 10.8 Å². The van der Waals surface area contributed by atoms with E-state index in [2.05, 4.69) is 64.3 Å². The van der Waals surface area contributed by atoms with Crippen molar-refractivity contribution < 1.29 is 47.4 Å². The Hall–Kier alpha value is -8.72. The maximum absolute atomic E-state index is 13.4. The van der Waals surface area contributed by atoms with Gasteiger partial charge in [-0.1, -0.05) is 47.6 Å². The molecule has 0 radical (unpaired) electrons. The molecule has 5 N–H and O–H groups in total. The van der Waals surface area contributed by atoms with Gasteiger partial charge in [-0.3, -0.25) is 14.9 Å². The summed E-state index contributed by atoms with van der Waals surface area (Å²) in [4.78, 5) is 49.2. The molecule has 0 fully saturated rings. The normalized spacial score (nSPS) is 11.7. The average Bonchev–Trinajstić information content (AvgIpc) is 3.34. The summed E-state index contributed by atoms with van der Waals surface area (Å²) in [5.74, 6) is -1.37. The number of oxime groups is 1. The SMILES string of the molecule is O=C(NC(=O)c1ccc2c(N=Nc3ccc(C(=O)c4ccc(N=Nc5c(O)ccc6cc(CO/N=C/ONc7cccc(I)c7)ccc56)cc4)cc3)c(O)ccc2c1)Nc1cccc(C(F)(F)F)c1. The summed E-state index contributed by atoms with van der Waals surface area (Å²) < 4.78 is 40.2. The van der Waals surface area contributed by atoms with Gasteiger partial charge >= 0.3 is 12.2 Å². The Labute approximate surface area is 403 Å². The third kappa shape index (κ3) is 11.8. The van der Waals surface area contributed by atoms with E-state index in [4.69, 9.17) is 9.68 Å². The highest BCUT2D eigenvalue weighted by molar-refractivity contribution is 14.1. The molecule has 0 aliphatic heterocycles. The highest BCUT2D eigenvalue weighted by Gasteiger charge is 2.30.